The highest BCUT2D eigenvalue weighted by molar-refractivity contribution is 6.10. The SMILES string of the molecule is CCOc1cc(N2CCOCC2)c(OCC)cc1NC(=O)/C(C#N)=C/c1ccc2c(c1)OCO2. The first kappa shape index (κ1) is 23.3. The third-order valence-electron chi connectivity index (χ3n) is 5.33. The Bertz CT molecular complexity index is 1120. The molecule has 2 aliphatic heterocycles. The molecule has 2 aromatic rings. The van der Waals surface area contributed by atoms with Crippen molar-refractivity contribution in [1.29, 1.82) is 5.26 Å². The maximum atomic E-state index is 13.0. The first-order valence-electron chi connectivity index (χ1n) is 11.2. The molecule has 2 heterocycles. The van der Waals surface area contributed by atoms with Crippen molar-refractivity contribution >= 4 is 23.4 Å². The number of nitrogens with zero attached hydrogens (tertiary/aromatic N) is 2. The molecule has 9 nitrogen and oxygen atoms in total. The maximum absolute atomic E-state index is 13.0. The summed E-state index contributed by atoms with van der Waals surface area (Å²) in [5, 5.41) is 12.5. The third kappa shape index (κ3) is 5.18. The van der Waals surface area contributed by atoms with E-state index in [1.807, 2.05) is 26.0 Å². The first-order chi connectivity index (χ1) is 16.6. The van der Waals surface area contributed by atoms with Gasteiger partial charge in [0.1, 0.15) is 23.1 Å². The normalized spacial score (nSPS) is 15.0. The Balaban J connectivity index is 1.62. The average Bonchev–Trinajstić information content (AvgIpc) is 3.32. The highest BCUT2D eigenvalue weighted by atomic mass is 16.7. The van der Waals surface area contributed by atoms with Crippen molar-refractivity contribution in [3.63, 3.8) is 0 Å². The van der Waals surface area contributed by atoms with E-state index >= 15 is 0 Å². The van der Waals surface area contributed by atoms with E-state index in [0.29, 0.717) is 60.7 Å². The predicted octanol–water partition coefficient (Wildman–Crippen LogP) is 3.59. The molecule has 1 saturated heterocycles. The van der Waals surface area contributed by atoms with Crippen LogP contribution in [0.5, 0.6) is 23.0 Å². The van der Waals surface area contributed by atoms with Gasteiger partial charge in [-0.05, 0) is 37.6 Å². The second-order valence-electron chi connectivity index (χ2n) is 7.52. The molecule has 0 atom stereocenters. The van der Waals surface area contributed by atoms with Crippen LogP contribution in [0.25, 0.3) is 6.08 Å². The Morgan fingerprint density at radius 3 is 2.56 bits per heavy atom. The first-order valence-corrected chi connectivity index (χ1v) is 11.2. The van der Waals surface area contributed by atoms with Gasteiger partial charge in [0.15, 0.2) is 11.5 Å². The summed E-state index contributed by atoms with van der Waals surface area (Å²) in [7, 11) is 0. The fourth-order valence-corrected chi connectivity index (χ4v) is 3.75. The lowest BCUT2D eigenvalue weighted by Gasteiger charge is -2.31. The zero-order chi connectivity index (χ0) is 23.9. The molecule has 0 unspecified atom stereocenters. The topological polar surface area (TPSA) is 102 Å². The lowest BCUT2D eigenvalue weighted by molar-refractivity contribution is -0.112. The van der Waals surface area contributed by atoms with Gasteiger partial charge < -0.3 is 33.9 Å². The van der Waals surface area contributed by atoms with Gasteiger partial charge in [-0.15, -0.1) is 0 Å². The molecule has 0 radical (unpaired) electrons. The molecule has 1 N–H and O–H groups in total. The van der Waals surface area contributed by atoms with E-state index in [2.05, 4.69) is 10.2 Å². The number of nitriles is 1. The van der Waals surface area contributed by atoms with E-state index in [-0.39, 0.29) is 12.4 Å². The van der Waals surface area contributed by atoms with E-state index in [0.717, 1.165) is 18.8 Å². The zero-order valence-electron chi connectivity index (χ0n) is 19.3. The molecule has 34 heavy (non-hydrogen) atoms. The minimum atomic E-state index is -0.553. The number of hydrogen-bond donors (Lipinski definition) is 1. The Kier molecular flexibility index (Phi) is 7.40. The van der Waals surface area contributed by atoms with Crippen molar-refractivity contribution < 1.29 is 28.5 Å². The van der Waals surface area contributed by atoms with Crippen LogP contribution in [0.1, 0.15) is 19.4 Å². The summed E-state index contributed by atoms with van der Waals surface area (Å²) in [6.07, 6.45) is 1.50. The number of nitrogens with one attached hydrogen (secondary N) is 1. The quantitative estimate of drug-likeness (QED) is 0.466. The van der Waals surface area contributed by atoms with Crippen LogP contribution in [0.4, 0.5) is 11.4 Å². The fraction of sp³-hybridized carbons (Fsp3) is 0.360. The molecule has 2 aromatic carbocycles. The van der Waals surface area contributed by atoms with Gasteiger partial charge in [-0.25, -0.2) is 0 Å². The van der Waals surface area contributed by atoms with Crippen molar-refractivity contribution in [2.45, 2.75) is 13.8 Å². The number of ether oxygens (including phenoxy) is 5. The van der Waals surface area contributed by atoms with E-state index in [1.165, 1.54) is 6.08 Å². The average molecular weight is 466 g/mol. The second-order valence-corrected chi connectivity index (χ2v) is 7.52. The van der Waals surface area contributed by atoms with Crippen molar-refractivity contribution in [3.05, 3.63) is 41.5 Å². The highest BCUT2D eigenvalue weighted by Crippen LogP contribution is 2.39. The van der Waals surface area contributed by atoms with Crippen LogP contribution in [-0.2, 0) is 9.53 Å². The molecule has 0 bridgehead atoms. The minimum absolute atomic E-state index is 0.0588. The third-order valence-corrected chi connectivity index (χ3v) is 5.33. The van der Waals surface area contributed by atoms with Crippen molar-refractivity contribution in [2.24, 2.45) is 0 Å². The van der Waals surface area contributed by atoms with Crippen LogP contribution >= 0.6 is 0 Å². The van der Waals surface area contributed by atoms with Crippen LogP contribution in [0, 0.1) is 11.3 Å². The molecule has 9 heteroatoms. The van der Waals surface area contributed by atoms with Crippen LogP contribution in [0.15, 0.2) is 35.9 Å². The predicted molar refractivity (Wildman–Crippen MR) is 127 cm³/mol. The Morgan fingerprint density at radius 2 is 1.82 bits per heavy atom. The summed E-state index contributed by atoms with van der Waals surface area (Å²) in [5.41, 5.74) is 1.90. The van der Waals surface area contributed by atoms with Gasteiger partial charge in [0, 0.05) is 25.2 Å². The molecule has 0 aromatic heterocycles. The molecule has 1 fully saturated rings. The van der Waals surface area contributed by atoms with E-state index in [4.69, 9.17) is 23.7 Å². The number of benzene rings is 2. The molecular formula is C25H27N3O6. The second kappa shape index (κ2) is 10.8. The summed E-state index contributed by atoms with van der Waals surface area (Å²) in [5.74, 6) is 1.78. The summed E-state index contributed by atoms with van der Waals surface area (Å²) in [4.78, 5) is 15.2. The van der Waals surface area contributed by atoms with E-state index in [9.17, 15) is 10.1 Å². The van der Waals surface area contributed by atoms with Gasteiger partial charge in [0.05, 0.1) is 37.8 Å². The smallest absolute Gasteiger partial charge is 0.266 e. The van der Waals surface area contributed by atoms with Gasteiger partial charge >= 0.3 is 0 Å². The van der Waals surface area contributed by atoms with Crippen LogP contribution in [0.2, 0.25) is 0 Å². The van der Waals surface area contributed by atoms with Crippen molar-refractivity contribution in [3.8, 4) is 29.1 Å². The number of hydrogen-bond acceptors (Lipinski definition) is 8. The van der Waals surface area contributed by atoms with Crippen LogP contribution < -0.4 is 29.2 Å². The minimum Gasteiger partial charge on any atom is -0.492 e. The number of carbonyl (C=O) groups excluding carboxylic acids is 1. The lowest BCUT2D eigenvalue weighted by Crippen LogP contribution is -2.36. The van der Waals surface area contributed by atoms with Crippen LogP contribution in [0.3, 0.4) is 0 Å². The van der Waals surface area contributed by atoms with Crippen molar-refractivity contribution in [2.75, 3.05) is 56.5 Å². The van der Waals surface area contributed by atoms with Gasteiger partial charge in [-0.1, -0.05) is 6.07 Å². The maximum Gasteiger partial charge on any atom is 0.266 e. The van der Waals surface area contributed by atoms with Gasteiger partial charge in [0.2, 0.25) is 6.79 Å². The standard InChI is InChI=1S/C25H27N3O6/c1-3-31-22-14-20(28-7-9-30-10-8-28)23(32-4-2)13-19(22)27-25(29)18(15-26)11-17-5-6-21-24(12-17)34-16-33-21/h5-6,11-14H,3-4,7-10,16H2,1-2H3,(H,27,29)/b18-11+. The number of carbonyl (C=O) groups is 1. The number of amides is 1. The number of fused-ring (bicyclic) bond motifs is 1. The number of morpholine rings is 1. The molecule has 0 spiro atoms. The molecule has 178 valence electrons. The largest absolute Gasteiger partial charge is 0.492 e. The molecule has 2 aliphatic rings. The lowest BCUT2D eigenvalue weighted by atomic mass is 10.1. The molecule has 1 amide bonds. The highest BCUT2D eigenvalue weighted by Gasteiger charge is 2.21. The molecule has 0 aliphatic carbocycles. The summed E-state index contributed by atoms with van der Waals surface area (Å²) >= 11 is 0. The fourth-order valence-electron chi connectivity index (χ4n) is 3.75. The van der Waals surface area contributed by atoms with E-state index < -0.39 is 5.91 Å². The van der Waals surface area contributed by atoms with Crippen LogP contribution in [-0.4, -0.2) is 52.2 Å². The monoisotopic (exact) mass is 465 g/mol. The summed E-state index contributed by atoms with van der Waals surface area (Å²) in [6.45, 7) is 7.52. The van der Waals surface area contributed by atoms with E-state index in [1.54, 1.807) is 24.3 Å². The van der Waals surface area contributed by atoms with Gasteiger partial charge in [-0.2, -0.15) is 5.26 Å². The number of anilines is 2. The Morgan fingerprint density at radius 1 is 1.09 bits per heavy atom. The molecule has 4 rings (SSSR count). The Labute approximate surface area is 198 Å². The summed E-state index contributed by atoms with van der Waals surface area (Å²) < 4.78 is 27.8. The summed E-state index contributed by atoms with van der Waals surface area (Å²) in [6, 6.07) is 10.8. The van der Waals surface area contributed by atoms with Gasteiger partial charge in [0.25, 0.3) is 5.91 Å². The molecular weight excluding hydrogens is 438 g/mol. The Hall–Kier alpha value is -3.90. The van der Waals surface area contributed by atoms with Gasteiger partial charge in [-0.3, -0.25) is 4.79 Å². The van der Waals surface area contributed by atoms with Crippen molar-refractivity contribution in [1.82, 2.24) is 0 Å². The zero-order valence-corrected chi connectivity index (χ0v) is 19.3. The number of rotatable bonds is 8. The molecule has 0 saturated carbocycles.